The molecule has 0 unspecified atom stereocenters. The fraction of sp³-hybridized carbons (Fsp3) is 0.583. The summed E-state index contributed by atoms with van der Waals surface area (Å²) in [6.07, 6.45) is -1.44. The molecule has 1 aromatic heterocycles. The number of ether oxygens (including phenoxy) is 3. The van der Waals surface area contributed by atoms with Crippen LogP contribution in [0.1, 0.15) is 31.0 Å². The Morgan fingerprint density at radius 2 is 2.06 bits per heavy atom. The molecule has 2 aliphatic rings. The fourth-order valence-corrected chi connectivity index (χ4v) is 4.54. The van der Waals surface area contributed by atoms with E-state index in [1.165, 1.54) is 6.20 Å². The Labute approximate surface area is 202 Å². The third-order valence-corrected chi connectivity index (χ3v) is 6.22. The van der Waals surface area contributed by atoms with Crippen molar-refractivity contribution in [2.75, 3.05) is 46.1 Å². The first-order valence-corrected chi connectivity index (χ1v) is 11.9. The first-order valence-electron chi connectivity index (χ1n) is 11.9. The molecule has 1 atom stereocenters. The van der Waals surface area contributed by atoms with E-state index in [1.807, 2.05) is 25.1 Å². The summed E-state index contributed by atoms with van der Waals surface area (Å²) in [6, 6.07) is 6.85. The minimum absolute atomic E-state index is 0.117. The maximum absolute atomic E-state index is 13.1. The molecule has 2 aliphatic heterocycles. The zero-order valence-electron chi connectivity index (χ0n) is 19.8. The van der Waals surface area contributed by atoms with E-state index in [-0.39, 0.29) is 18.5 Å². The van der Waals surface area contributed by atoms with Crippen molar-refractivity contribution in [3.63, 3.8) is 0 Å². The topological polar surface area (TPSA) is 69.1 Å². The van der Waals surface area contributed by atoms with E-state index < -0.39 is 11.9 Å². The standard InChI is InChI=1S/C24H31F3N4O4/c1-2-34-20-7-3-5-18-15-29-9-4-6-19(29)16-30(11-12-33-13-14-35-23(18)20)22(32)17-31-10-8-21(28-31)24(25,26)27/h3,5,7-8,10,19H,2,4,6,9,11-17H2,1H3/t19-/m0/s1. The average Bonchev–Trinajstić information content (AvgIpc) is 3.46. The van der Waals surface area contributed by atoms with Gasteiger partial charge in [0.05, 0.1) is 19.8 Å². The van der Waals surface area contributed by atoms with Crippen LogP contribution in [0.3, 0.4) is 0 Å². The molecule has 8 nitrogen and oxygen atoms in total. The van der Waals surface area contributed by atoms with Crippen molar-refractivity contribution in [2.24, 2.45) is 0 Å². The van der Waals surface area contributed by atoms with Crippen LogP contribution in [-0.2, 0) is 28.8 Å². The van der Waals surface area contributed by atoms with Gasteiger partial charge in [-0.15, -0.1) is 0 Å². The summed E-state index contributed by atoms with van der Waals surface area (Å²) in [5.41, 5.74) is 0.00169. The van der Waals surface area contributed by atoms with Crippen molar-refractivity contribution in [3.8, 4) is 11.5 Å². The average molecular weight is 497 g/mol. The molecule has 4 rings (SSSR count). The molecule has 2 aromatic rings. The fourth-order valence-electron chi connectivity index (χ4n) is 4.54. The van der Waals surface area contributed by atoms with Crippen LogP contribution in [-0.4, -0.2) is 77.6 Å². The molecule has 192 valence electrons. The van der Waals surface area contributed by atoms with Crippen LogP contribution in [0.15, 0.2) is 30.5 Å². The van der Waals surface area contributed by atoms with E-state index in [0.29, 0.717) is 51.8 Å². The van der Waals surface area contributed by atoms with Gasteiger partial charge in [-0.25, -0.2) is 0 Å². The first kappa shape index (κ1) is 25.3. The van der Waals surface area contributed by atoms with Crippen molar-refractivity contribution in [3.05, 3.63) is 41.7 Å². The monoisotopic (exact) mass is 496 g/mol. The van der Waals surface area contributed by atoms with Crippen LogP contribution in [0, 0.1) is 0 Å². The highest BCUT2D eigenvalue weighted by Crippen LogP contribution is 2.34. The number of hydrogen-bond donors (Lipinski definition) is 0. The third-order valence-electron chi connectivity index (χ3n) is 6.22. The number of hydrogen-bond acceptors (Lipinski definition) is 6. The number of alkyl halides is 3. The number of rotatable bonds is 4. The van der Waals surface area contributed by atoms with Crippen molar-refractivity contribution in [1.29, 1.82) is 0 Å². The van der Waals surface area contributed by atoms with E-state index in [2.05, 4.69) is 10.00 Å². The lowest BCUT2D eigenvalue weighted by molar-refractivity contribution is -0.142. The van der Waals surface area contributed by atoms with Gasteiger partial charge in [-0.2, -0.15) is 18.3 Å². The number of halogens is 3. The van der Waals surface area contributed by atoms with Gasteiger partial charge in [0.25, 0.3) is 0 Å². The van der Waals surface area contributed by atoms with Gasteiger partial charge in [0.2, 0.25) is 5.91 Å². The number of nitrogens with zero attached hydrogens (tertiary/aromatic N) is 4. The van der Waals surface area contributed by atoms with Gasteiger partial charge in [-0.3, -0.25) is 14.4 Å². The summed E-state index contributed by atoms with van der Waals surface area (Å²) in [4.78, 5) is 17.1. The minimum atomic E-state index is -4.54. The predicted molar refractivity (Wildman–Crippen MR) is 121 cm³/mol. The van der Waals surface area contributed by atoms with Crippen molar-refractivity contribution in [1.82, 2.24) is 19.6 Å². The van der Waals surface area contributed by atoms with Gasteiger partial charge < -0.3 is 19.1 Å². The molecule has 11 heteroatoms. The van der Waals surface area contributed by atoms with Gasteiger partial charge in [0, 0.05) is 37.4 Å². The summed E-state index contributed by atoms with van der Waals surface area (Å²) in [5.74, 6) is 1.13. The number of benzene rings is 1. The second-order valence-electron chi connectivity index (χ2n) is 8.64. The van der Waals surface area contributed by atoms with Crippen LogP contribution < -0.4 is 9.47 Å². The molecule has 35 heavy (non-hydrogen) atoms. The Hall–Kier alpha value is -2.79. The molecule has 1 amide bonds. The normalized spacial score (nSPS) is 20.1. The SMILES string of the molecule is CCOc1cccc2c1OCCOCCN(C(=O)Cn1ccc(C(F)(F)F)n1)C[C@@H]1CCCN1C2. The summed E-state index contributed by atoms with van der Waals surface area (Å²) >= 11 is 0. The molecule has 1 fully saturated rings. The first-order chi connectivity index (χ1) is 16.8. The van der Waals surface area contributed by atoms with E-state index in [4.69, 9.17) is 14.2 Å². The molecule has 0 N–H and O–H groups in total. The molecule has 1 saturated heterocycles. The predicted octanol–water partition coefficient (Wildman–Crippen LogP) is 3.20. The van der Waals surface area contributed by atoms with Crippen LogP contribution in [0.5, 0.6) is 11.5 Å². The number of carbonyl (C=O) groups is 1. The largest absolute Gasteiger partial charge is 0.490 e. The third kappa shape index (κ3) is 6.46. The van der Waals surface area contributed by atoms with E-state index in [1.54, 1.807) is 4.90 Å². The lowest BCUT2D eigenvalue weighted by Gasteiger charge is -2.31. The van der Waals surface area contributed by atoms with Crippen molar-refractivity contribution in [2.45, 2.75) is 45.1 Å². The van der Waals surface area contributed by atoms with E-state index >= 15 is 0 Å². The molecular weight excluding hydrogens is 465 g/mol. The summed E-state index contributed by atoms with van der Waals surface area (Å²) in [5, 5.41) is 3.52. The zero-order valence-corrected chi connectivity index (χ0v) is 19.8. The Morgan fingerprint density at radius 3 is 2.83 bits per heavy atom. The number of aromatic nitrogens is 2. The van der Waals surface area contributed by atoms with Gasteiger partial charge in [0.15, 0.2) is 17.2 Å². The molecule has 0 saturated carbocycles. The Balaban J connectivity index is 1.50. The maximum atomic E-state index is 13.1. The van der Waals surface area contributed by atoms with Gasteiger partial charge in [0.1, 0.15) is 13.2 Å². The maximum Gasteiger partial charge on any atom is 0.435 e. The number of fused-ring (bicyclic) bond motifs is 2. The van der Waals surface area contributed by atoms with Gasteiger partial charge in [-0.1, -0.05) is 12.1 Å². The highest BCUT2D eigenvalue weighted by Gasteiger charge is 2.34. The van der Waals surface area contributed by atoms with Gasteiger partial charge >= 0.3 is 6.18 Å². The Morgan fingerprint density at radius 1 is 1.20 bits per heavy atom. The quantitative estimate of drug-likeness (QED) is 0.648. The second-order valence-corrected chi connectivity index (χ2v) is 8.64. The lowest BCUT2D eigenvalue weighted by Crippen LogP contribution is -2.45. The Bertz CT molecular complexity index is 997. The van der Waals surface area contributed by atoms with Crippen LogP contribution in [0.4, 0.5) is 13.2 Å². The summed E-state index contributed by atoms with van der Waals surface area (Å²) in [6.45, 7) is 5.52. The molecule has 3 heterocycles. The van der Waals surface area contributed by atoms with E-state index in [0.717, 1.165) is 41.4 Å². The summed E-state index contributed by atoms with van der Waals surface area (Å²) < 4.78 is 57.3. The van der Waals surface area contributed by atoms with Crippen LogP contribution in [0.25, 0.3) is 0 Å². The van der Waals surface area contributed by atoms with Crippen LogP contribution in [0.2, 0.25) is 0 Å². The number of para-hydroxylation sites is 1. The highest BCUT2D eigenvalue weighted by molar-refractivity contribution is 5.76. The summed E-state index contributed by atoms with van der Waals surface area (Å²) in [7, 11) is 0. The Kier molecular flexibility index (Phi) is 8.17. The molecule has 0 bridgehead atoms. The van der Waals surface area contributed by atoms with Crippen molar-refractivity contribution < 1.29 is 32.2 Å². The minimum Gasteiger partial charge on any atom is -0.490 e. The molecule has 0 aliphatic carbocycles. The molecule has 0 radical (unpaired) electrons. The number of amides is 1. The van der Waals surface area contributed by atoms with E-state index in [9.17, 15) is 18.0 Å². The molecule has 0 spiro atoms. The number of carbonyl (C=O) groups excluding carboxylic acids is 1. The van der Waals surface area contributed by atoms with Crippen molar-refractivity contribution >= 4 is 5.91 Å². The molecular formula is C24H31F3N4O4. The van der Waals surface area contributed by atoms with Crippen LogP contribution >= 0.6 is 0 Å². The smallest absolute Gasteiger partial charge is 0.435 e. The zero-order chi connectivity index (χ0) is 24.8. The van der Waals surface area contributed by atoms with Gasteiger partial charge in [-0.05, 0) is 38.4 Å². The molecule has 1 aromatic carbocycles. The highest BCUT2D eigenvalue weighted by atomic mass is 19.4. The second kappa shape index (κ2) is 11.3. The lowest BCUT2D eigenvalue weighted by atomic mass is 10.1.